The normalized spacial score (nSPS) is 17.9. The van der Waals surface area contributed by atoms with Crippen molar-refractivity contribution in [2.45, 2.75) is 19.0 Å². The Hall–Kier alpha value is -1.88. The highest BCUT2D eigenvalue weighted by molar-refractivity contribution is 5.87. The van der Waals surface area contributed by atoms with Gasteiger partial charge in [0.25, 0.3) is 0 Å². The molecule has 1 aromatic carbocycles. The van der Waals surface area contributed by atoms with Crippen molar-refractivity contribution in [1.82, 2.24) is 10.2 Å². The number of nitrogens with zero attached hydrogens (tertiary/aromatic N) is 1. The highest BCUT2D eigenvalue weighted by atomic mass is 16.2. The average Bonchev–Trinajstić information content (AvgIpc) is 2.36. The van der Waals surface area contributed by atoms with Crippen LogP contribution in [0.1, 0.15) is 11.1 Å². The molecule has 18 heavy (non-hydrogen) atoms. The molecule has 0 aromatic heterocycles. The van der Waals surface area contributed by atoms with Crippen molar-refractivity contribution in [2.75, 3.05) is 13.6 Å². The minimum absolute atomic E-state index is 0.0430. The molecule has 3 N–H and O–H groups in total. The molecule has 96 valence electrons. The Morgan fingerprint density at radius 2 is 2.06 bits per heavy atom. The van der Waals surface area contributed by atoms with Crippen LogP contribution in [0.4, 0.5) is 0 Å². The number of rotatable bonds is 3. The van der Waals surface area contributed by atoms with Gasteiger partial charge in [-0.15, -0.1) is 0 Å². The average molecular weight is 247 g/mol. The number of fused-ring (bicyclic) bond motifs is 1. The van der Waals surface area contributed by atoms with E-state index in [1.54, 1.807) is 7.05 Å². The Morgan fingerprint density at radius 3 is 2.72 bits per heavy atom. The van der Waals surface area contributed by atoms with Gasteiger partial charge in [0.05, 0.1) is 12.6 Å². The van der Waals surface area contributed by atoms with Gasteiger partial charge in [-0.3, -0.25) is 9.59 Å². The van der Waals surface area contributed by atoms with Gasteiger partial charge in [0, 0.05) is 13.6 Å². The first-order chi connectivity index (χ1) is 8.58. The van der Waals surface area contributed by atoms with E-state index in [-0.39, 0.29) is 18.5 Å². The molecule has 0 bridgehead atoms. The molecule has 0 fully saturated rings. The van der Waals surface area contributed by atoms with Crippen LogP contribution in [0.3, 0.4) is 0 Å². The summed E-state index contributed by atoms with van der Waals surface area (Å²) in [7, 11) is 1.59. The molecule has 2 rings (SSSR count). The van der Waals surface area contributed by atoms with Crippen molar-refractivity contribution in [2.24, 2.45) is 5.73 Å². The van der Waals surface area contributed by atoms with Crippen molar-refractivity contribution in [3.8, 4) is 0 Å². The molecule has 0 radical (unpaired) electrons. The van der Waals surface area contributed by atoms with Crippen LogP contribution in [0.25, 0.3) is 0 Å². The van der Waals surface area contributed by atoms with Gasteiger partial charge in [0.2, 0.25) is 11.8 Å². The molecule has 1 heterocycles. The maximum Gasteiger partial charge on any atom is 0.240 e. The first-order valence-corrected chi connectivity index (χ1v) is 5.91. The molecule has 1 aliphatic heterocycles. The molecule has 2 amide bonds. The highest BCUT2D eigenvalue weighted by Gasteiger charge is 2.26. The van der Waals surface area contributed by atoms with Crippen LogP contribution in [0, 0.1) is 0 Å². The number of hydrogen-bond donors (Lipinski definition) is 2. The Morgan fingerprint density at radius 1 is 1.39 bits per heavy atom. The van der Waals surface area contributed by atoms with E-state index in [1.807, 2.05) is 18.2 Å². The van der Waals surface area contributed by atoms with Crippen molar-refractivity contribution in [1.29, 1.82) is 0 Å². The topological polar surface area (TPSA) is 75.4 Å². The molecule has 1 aromatic rings. The van der Waals surface area contributed by atoms with E-state index in [2.05, 4.69) is 11.4 Å². The van der Waals surface area contributed by atoms with Gasteiger partial charge in [0.1, 0.15) is 0 Å². The number of nitrogens with one attached hydrogen (secondary N) is 1. The molecule has 0 unspecified atom stereocenters. The summed E-state index contributed by atoms with van der Waals surface area (Å²) >= 11 is 0. The number of hydrogen-bond acceptors (Lipinski definition) is 3. The third-order valence-electron chi connectivity index (χ3n) is 3.15. The van der Waals surface area contributed by atoms with Crippen molar-refractivity contribution in [3.63, 3.8) is 0 Å². The summed E-state index contributed by atoms with van der Waals surface area (Å²) in [5, 5.41) is 3.19. The molecule has 0 spiro atoms. The van der Waals surface area contributed by atoms with E-state index >= 15 is 0 Å². The Kier molecular flexibility index (Phi) is 3.62. The van der Waals surface area contributed by atoms with Crippen LogP contribution in [-0.4, -0.2) is 36.3 Å². The standard InChI is InChI=1S/C13H17N3O2/c1-16(8-12(14)17)13(18)11-6-9-4-2-3-5-10(9)7-15-11/h2-5,11,15H,6-8H2,1H3,(H2,14,17)/t11-/m1/s1. The Labute approximate surface area is 106 Å². The monoisotopic (exact) mass is 247 g/mol. The van der Waals surface area contributed by atoms with Crippen molar-refractivity contribution >= 4 is 11.8 Å². The first kappa shape index (κ1) is 12.6. The lowest BCUT2D eigenvalue weighted by Gasteiger charge is -2.28. The molecular formula is C13H17N3O2. The molecule has 0 saturated heterocycles. The summed E-state index contributed by atoms with van der Waals surface area (Å²) in [6, 6.07) is 7.77. The predicted octanol–water partition coefficient (Wildman–Crippen LogP) is -0.355. The van der Waals surface area contributed by atoms with Crippen LogP contribution in [0.15, 0.2) is 24.3 Å². The number of benzene rings is 1. The van der Waals surface area contributed by atoms with Gasteiger partial charge < -0.3 is 16.0 Å². The van der Waals surface area contributed by atoms with Crippen molar-refractivity contribution < 1.29 is 9.59 Å². The minimum atomic E-state index is -0.498. The third kappa shape index (κ3) is 2.68. The zero-order chi connectivity index (χ0) is 13.1. The SMILES string of the molecule is CN(CC(N)=O)C(=O)[C@H]1Cc2ccccc2CN1. The molecule has 1 aliphatic rings. The Bertz CT molecular complexity index is 473. The lowest BCUT2D eigenvalue weighted by molar-refractivity contribution is -0.135. The second-order valence-corrected chi connectivity index (χ2v) is 4.57. The fourth-order valence-corrected chi connectivity index (χ4v) is 2.21. The molecule has 1 atom stereocenters. The van der Waals surface area contributed by atoms with E-state index in [9.17, 15) is 9.59 Å². The van der Waals surface area contributed by atoms with E-state index in [0.717, 1.165) is 0 Å². The molecule has 0 aliphatic carbocycles. The van der Waals surface area contributed by atoms with Gasteiger partial charge >= 0.3 is 0 Å². The van der Waals surface area contributed by atoms with Gasteiger partial charge in [0.15, 0.2) is 0 Å². The summed E-state index contributed by atoms with van der Waals surface area (Å²) in [5.74, 6) is -0.592. The predicted molar refractivity (Wildman–Crippen MR) is 67.6 cm³/mol. The number of amides is 2. The third-order valence-corrected chi connectivity index (χ3v) is 3.15. The fraction of sp³-hybridized carbons (Fsp3) is 0.385. The smallest absolute Gasteiger partial charge is 0.240 e. The highest BCUT2D eigenvalue weighted by Crippen LogP contribution is 2.17. The van der Waals surface area contributed by atoms with Crippen LogP contribution < -0.4 is 11.1 Å². The van der Waals surface area contributed by atoms with Crippen LogP contribution in [-0.2, 0) is 22.6 Å². The van der Waals surface area contributed by atoms with Gasteiger partial charge in [-0.05, 0) is 17.5 Å². The molecule has 5 heteroatoms. The quantitative estimate of drug-likeness (QED) is 0.766. The van der Waals surface area contributed by atoms with Gasteiger partial charge in [-0.1, -0.05) is 24.3 Å². The summed E-state index contributed by atoms with van der Waals surface area (Å²) in [4.78, 5) is 24.3. The number of primary amides is 1. The minimum Gasteiger partial charge on any atom is -0.368 e. The van der Waals surface area contributed by atoms with Crippen LogP contribution in [0.5, 0.6) is 0 Å². The summed E-state index contributed by atoms with van der Waals surface area (Å²) in [6.45, 7) is 0.635. The number of carbonyl (C=O) groups is 2. The maximum atomic E-state index is 12.1. The summed E-state index contributed by atoms with van der Waals surface area (Å²) < 4.78 is 0. The first-order valence-electron chi connectivity index (χ1n) is 5.91. The lowest BCUT2D eigenvalue weighted by atomic mass is 9.95. The largest absolute Gasteiger partial charge is 0.368 e. The summed E-state index contributed by atoms with van der Waals surface area (Å²) in [6.07, 6.45) is 0.651. The lowest BCUT2D eigenvalue weighted by Crippen LogP contribution is -2.49. The van der Waals surface area contributed by atoms with Gasteiger partial charge in [-0.25, -0.2) is 0 Å². The zero-order valence-electron chi connectivity index (χ0n) is 10.3. The fourth-order valence-electron chi connectivity index (χ4n) is 2.21. The Balaban J connectivity index is 2.04. The van der Waals surface area contributed by atoms with E-state index in [1.165, 1.54) is 16.0 Å². The van der Waals surface area contributed by atoms with E-state index < -0.39 is 5.91 Å². The van der Waals surface area contributed by atoms with Crippen LogP contribution >= 0.6 is 0 Å². The van der Waals surface area contributed by atoms with Gasteiger partial charge in [-0.2, -0.15) is 0 Å². The second-order valence-electron chi connectivity index (χ2n) is 4.57. The van der Waals surface area contributed by atoms with E-state index in [4.69, 9.17) is 5.73 Å². The molecule has 0 saturated carbocycles. The molecule has 5 nitrogen and oxygen atoms in total. The second kappa shape index (κ2) is 5.18. The maximum absolute atomic E-state index is 12.1. The van der Waals surface area contributed by atoms with Crippen LogP contribution in [0.2, 0.25) is 0 Å². The van der Waals surface area contributed by atoms with E-state index in [0.29, 0.717) is 13.0 Å². The van der Waals surface area contributed by atoms with Crippen molar-refractivity contribution in [3.05, 3.63) is 35.4 Å². The number of nitrogens with two attached hydrogens (primary N) is 1. The zero-order valence-corrected chi connectivity index (χ0v) is 10.3. The molecular weight excluding hydrogens is 230 g/mol. The number of carbonyl (C=O) groups excluding carboxylic acids is 2. The number of likely N-dealkylation sites (N-methyl/N-ethyl adjacent to an activating group) is 1. The summed E-state index contributed by atoms with van der Waals surface area (Å²) in [5.41, 5.74) is 7.49.